The highest BCUT2D eigenvalue weighted by molar-refractivity contribution is 5.97. The van der Waals surface area contributed by atoms with Crippen molar-refractivity contribution in [1.29, 1.82) is 0 Å². The molecule has 3 rings (SSSR count). The molecule has 4 heteroatoms. The normalized spacial score (nSPS) is 26.8. The molecular formula is C15H18N2O2. The SMILES string of the molecule is CN1C(=O)C2CCCN2C(=O)C1Cc1ccccc1. The molecule has 2 saturated heterocycles. The molecule has 19 heavy (non-hydrogen) atoms. The average Bonchev–Trinajstić information content (AvgIpc) is 2.92. The third kappa shape index (κ3) is 2.01. The van der Waals surface area contributed by atoms with Gasteiger partial charge in [0.1, 0.15) is 12.1 Å². The maximum absolute atomic E-state index is 12.5. The third-order valence-corrected chi connectivity index (χ3v) is 4.19. The molecule has 0 spiro atoms. The lowest BCUT2D eigenvalue weighted by atomic mass is 9.99. The summed E-state index contributed by atoms with van der Waals surface area (Å²) in [5.41, 5.74) is 1.10. The Hall–Kier alpha value is -1.84. The Balaban J connectivity index is 1.84. The second-order valence-corrected chi connectivity index (χ2v) is 5.34. The molecule has 100 valence electrons. The summed E-state index contributed by atoms with van der Waals surface area (Å²) in [6, 6.07) is 9.33. The van der Waals surface area contributed by atoms with Crippen molar-refractivity contribution in [2.75, 3.05) is 13.6 Å². The van der Waals surface area contributed by atoms with Crippen LogP contribution in [0.15, 0.2) is 30.3 Å². The van der Waals surface area contributed by atoms with Gasteiger partial charge >= 0.3 is 0 Å². The Kier molecular flexibility index (Phi) is 3.01. The highest BCUT2D eigenvalue weighted by Crippen LogP contribution is 2.27. The summed E-state index contributed by atoms with van der Waals surface area (Å²) in [4.78, 5) is 28.2. The van der Waals surface area contributed by atoms with Crippen LogP contribution >= 0.6 is 0 Å². The van der Waals surface area contributed by atoms with Crippen LogP contribution in [0.2, 0.25) is 0 Å². The van der Waals surface area contributed by atoms with Crippen LogP contribution in [0.4, 0.5) is 0 Å². The van der Waals surface area contributed by atoms with Gasteiger partial charge in [0.25, 0.3) is 0 Å². The highest BCUT2D eigenvalue weighted by atomic mass is 16.2. The van der Waals surface area contributed by atoms with E-state index in [-0.39, 0.29) is 23.9 Å². The van der Waals surface area contributed by atoms with Crippen LogP contribution in [0, 0.1) is 0 Å². The smallest absolute Gasteiger partial charge is 0.246 e. The van der Waals surface area contributed by atoms with Gasteiger partial charge in [-0.1, -0.05) is 30.3 Å². The van der Waals surface area contributed by atoms with Gasteiger partial charge in [0.2, 0.25) is 11.8 Å². The van der Waals surface area contributed by atoms with Gasteiger partial charge in [0, 0.05) is 20.0 Å². The lowest BCUT2D eigenvalue weighted by molar-refractivity contribution is -0.157. The second-order valence-electron chi connectivity index (χ2n) is 5.34. The van der Waals surface area contributed by atoms with Gasteiger partial charge in [-0.25, -0.2) is 0 Å². The summed E-state index contributed by atoms with van der Waals surface area (Å²) < 4.78 is 0. The molecule has 0 saturated carbocycles. The summed E-state index contributed by atoms with van der Waals surface area (Å²) >= 11 is 0. The van der Waals surface area contributed by atoms with Gasteiger partial charge < -0.3 is 9.80 Å². The van der Waals surface area contributed by atoms with E-state index in [0.717, 1.165) is 24.9 Å². The van der Waals surface area contributed by atoms with Gasteiger partial charge in [-0.15, -0.1) is 0 Å². The number of benzene rings is 1. The van der Waals surface area contributed by atoms with E-state index in [9.17, 15) is 9.59 Å². The van der Waals surface area contributed by atoms with Crippen molar-refractivity contribution in [3.63, 3.8) is 0 Å². The molecule has 4 nitrogen and oxygen atoms in total. The molecule has 0 aromatic heterocycles. The molecule has 0 bridgehead atoms. The fourth-order valence-electron chi connectivity index (χ4n) is 3.09. The summed E-state index contributed by atoms with van der Waals surface area (Å²) in [7, 11) is 1.75. The molecule has 2 heterocycles. The van der Waals surface area contributed by atoms with E-state index >= 15 is 0 Å². The first-order chi connectivity index (χ1) is 9.18. The lowest BCUT2D eigenvalue weighted by Crippen LogP contribution is -2.62. The minimum absolute atomic E-state index is 0.0954. The fourth-order valence-corrected chi connectivity index (χ4v) is 3.09. The van der Waals surface area contributed by atoms with E-state index in [1.54, 1.807) is 16.8 Å². The van der Waals surface area contributed by atoms with Crippen LogP contribution in [0.5, 0.6) is 0 Å². The molecular weight excluding hydrogens is 240 g/mol. The molecule has 2 atom stereocenters. The van der Waals surface area contributed by atoms with Gasteiger partial charge in [0.15, 0.2) is 0 Å². The standard InChI is InChI=1S/C15H18N2O2/c1-16-13(10-11-6-3-2-4-7-11)15(19)17-9-5-8-12(17)14(16)18/h2-4,6-7,12-13H,5,8-10H2,1H3. The Morgan fingerprint density at radius 2 is 1.89 bits per heavy atom. The van der Waals surface area contributed by atoms with Crippen LogP contribution in [-0.4, -0.2) is 47.3 Å². The van der Waals surface area contributed by atoms with Crippen molar-refractivity contribution >= 4 is 11.8 Å². The molecule has 0 aliphatic carbocycles. The number of rotatable bonds is 2. The number of carbonyl (C=O) groups excluding carboxylic acids is 2. The van der Waals surface area contributed by atoms with Crippen LogP contribution in [-0.2, 0) is 16.0 Å². The zero-order valence-corrected chi connectivity index (χ0v) is 11.1. The zero-order valence-electron chi connectivity index (χ0n) is 11.1. The predicted molar refractivity (Wildman–Crippen MR) is 71.4 cm³/mol. The first-order valence-corrected chi connectivity index (χ1v) is 6.79. The van der Waals surface area contributed by atoms with E-state index in [1.807, 2.05) is 30.3 Å². The van der Waals surface area contributed by atoms with Crippen molar-refractivity contribution in [2.45, 2.75) is 31.3 Å². The molecule has 1 aromatic carbocycles. The topological polar surface area (TPSA) is 40.6 Å². The van der Waals surface area contributed by atoms with Gasteiger partial charge in [0.05, 0.1) is 0 Å². The molecule has 2 unspecified atom stereocenters. The maximum atomic E-state index is 12.5. The molecule has 2 aliphatic rings. The minimum atomic E-state index is -0.343. The lowest BCUT2D eigenvalue weighted by Gasteiger charge is -2.40. The quantitative estimate of drug-likeness (QED) is 0.796. The first-order valence-electron chi connectivity index (χ1n) is 6.79. The predicted octanol–water partition coefficient (Wildman–Crippen LogP) is 1.06. The molecule has 2 aliphatic heterocycles. The summed E-state index contributed by atoms with van der Waals surface area (Å²) in [5, 5.41) is 0. The van der Waals surface area contributed by atoms with E-state index < -0.39 is 0 Å². The largest absolute Gasteiger partial charge is 0.332 e. The Labute approximate surface area is 113 Å². The average molecular weight is 258 g/mol. The number of fused-ring (bicyclic) bond motifs is 1. The van der Waals surface area contributed by atoms with Crippen molar-refractivity contribution in [3.8, 4) is 0 Å². The first kappa shape index (κ1) is 12.2. The van der Waals surface area contributed by atoms with E-state index in [1.165, 1.54) is 0 Å². The monoisotopic (exact) mass is 258 g/mol. The second kappa shape index (κ2) is 4.68. The summed E-state index contributed by atoms with van der Waals surface area (Å²) in [6.07, 6.45) is 2.35. The van der Waals surface area contributed by atoms with Crippen molar-refractivity contribution in [2.24, 2.45) is 0 Å². The highest BCUT2D eigenvalue weighted by Gasteiger charge is 2.45. The Bertz CT molecular complexity index is 500. The van der Waals surface area contributed by atoms with Gasteiger partial charge in [-0.2, -0.15) is 0 Å². The van der Waals surface area contributed by atoms with Crippen molar-refractivity contribution in [3.05, 3.63) is 35.9 Å². The van der Waals surface area contributed by atoms with Crippen LogP contribution < -0.4 is 0 Å². The van der Waals surface area contributed by atoms with Crippen molar-refractivity contribution in [1.82, 2.24) is 9.80 Å². The number of amides is 2. The van der Waals surface area contributed by atoms with Crippen LogP contribution in [0.25, 0.3) is 0 Å². The number of piperazine rings is 1. The fraction of sp³-hybridized carbons (Fsp3) is 0.467. The zero-order chi connectivity index (χ0) is 13.4. The number of hydrogen-bond acceptors (Lipinski definition) is 2. The summed E-state index contributed by atoms with van der Waals surface area (Å²) in [5.74, 6) is 0.200. The molecule has 2 fully saturated rings. The summed E-state index contributed by atoms with van der Waals surface area (Å²) in [6.45, 7) is 0.731. The van der Waals surface area contributed by atoms with E-state index in [4.69, 9.17) is 0 Å². The Morgan fingerprint density at radius 1 is 1.16 bits per heavy atom. The molecule has 2 amide bonds. The number of nitrogens with zero attached hydrogens (tertiary/aromatic N) is 2. The number of carbonyl (C=O) groups is 2. The Morgan fingerprint density at radius 3 is 2.63 bits per heavy atom. The molecule has 0 N–H and O–H groups in total. The van der Waals surface area contributed by atoms with Gasteiger partial charge in [-0.3, -0.25) is 9.59 Å². The number of hydrogen-bond donors (Lipinski definition) is 0. The van der Waals surface area contributed by atoms with Crippen LogP contribution in [0.1, 0.15) is 18.4 Å². The molecule has 0 radical (unpaired) electrons. The van der Waals surface area contributed by atoms with Gasteiger partial charge in [-0.05, 0) is 18.4 Å². The van der Waals surface area contributed by atoms with E-state index in [2.05, 4.69) is 0 Å². The third-order valence-electron chi connectivity index (χ3n) is 4.19. The van der Waals surface area contributed by atoms with Crippen molar-refractivity contribution < 1.29 is 9.59 Å². The minimum Gasteiger partial charge on any atom is -0.332 e. The maximum Gasteiger partial charge on any atom is 0.246 e. The van der Waals surface area contributed by atoms with E-state index in [0.29, 0.717) is 6.42 Å². The number of likely N-dealkylation sites (N-methyl/N-ethyl adjacent to an activating group) is 1. The molecule has 1 aromatic rings. The van der Waals surface area contributed by atoms with Crippen LogP contribution in [0.3, 0.4) is 0 Å².